The minimum Gasteiger partial charge on any atom is -0.325 e. The van der Waals surface area contributed by atoms with Crippen molar-refractivity contribution >= 4 is 23.4 Å². The van der Waals surface area contributed by atoms with E-state index in [0.717, 1.165) is 37.3 Å². The van der Waals surface area contributed by atoms with E-state index < -0.39 is 0 Å². The van der Waals surface area contributed by atoms with Crippen LogP contribution in [0.2, 0.25) is 0 Å². The number of nitrogens with zero attached hydrogens (tertiary/aromatic N) is 1. The van der Waals surface area contributed by atoms with Crippen LogP contribution in [0, 0.1) is 6.92 Å². The van der Waals surface area contributed by atoms with Crippen molar-refractivity contribution in [3.63, 3.8) is 0 Å². The average Bonchev–Trinajstić information content (AvgIpc) is 2.38. The van der Waals surface area contributed by atoms with Gasteiger partial charge in [0.15, 0.2) is 0 Å². The Morgan fingerprint density at radius 1 is 1.56 bits per heavy atom. The average molecular weight is 265 g/mol. The van der Waals surface area contributed by atoms with E-state index in [1.165, 1.54) is 0 Å². The Kier molecular flexibility index (Phi) is 5.01. The van der Waals surface area contributed by atoms with Gasteiger partial charge in [-0.3, -0.25) is 9.78 Å². The summed E-state index contributed by atoms with van der Waals surface area (Å²) < 4.78 is 0. The van der Waals surface area contributed by atoms with Gasteiger partial charge >= 0.3 is 0 Å². The third kappa shape index (κ3) is 4.31. The van der Waals surface area contributed by atoms with Crippen molar-refractivity contribution in [3.8, 4) is 0 Å². The van der Waals surface area contributed by atoms with E-state index in [2.05, 4.69) is 15.6 Å². The van der Waals surface area contributed by atoms with Crippen LogP contribution in [0.1, 0.15) is 18.5 Å². The molecule has 0 unspecified atom stereocenters. The second kappa shape index (κ2) is 6.75. The van der Waals surface area contributed by atoms with Crippen LogP contribution >= 0.6 is 11.8 Å². The van der Waals surface area contributed by atoms with Crippen molar-refractivity contribution in [1.29, 1.82) is 0 Å². The molecule has 2 rings (SSSR count). The Balaban J connectivity index is 1.74. The highest BCUT2D eigenvalue weighted by Crippen LogP contribution is 2.20. The fraction of sp³-hybridized carbons (Fsp3) is 0.538. The number of carbonyl (C=O) groups excluding carboxylic acids is 1. The molecule has 5 heteroatoms. The smallest absolute Gasteiger partial charge is 0.234 e. The molecule has 1 aromatic rings. The number of aryl methyl sites for hydroxylation is 1. The Bertz CT molecular complexity index is 405. The van der Waals surface area contributed by atoms with Crippen LogP contribution in [0.4, 0.5) is 5.69 Å². The van der Waals surface area contributed by atoms with Crippen LogP contribution in [0.3, 0.4) is 0 Å². The summed E-state index contributed by atoms with van der Waals surface area (Å²) in [6.45, 7) is 4.06. The van der Waals surface area contributed by atoms with Gasteiger partial charge in [0.2, 0.25) is 5.91 Å². The van der Waals surface area contributed by atoms with Crippen LogP contribution in [0.25, 0.3) is 0 Å². The van der Waals surface area contributed by atoms with Crippen LogP contribution in [0.15, 0.2) is 18.3 Å². The topological polar surface area (TPSA) is 54.0 Å². The fourth-order valence-electron chi connectivity index (χ4n) is 1.98. The number of hydrogen-bond donors (Lipinski definition) is 2. The number of hydrogen-bond acceptors (Lipinski definition) is 4. The summed E-state index contributed by atoms with van der Waals surface area (Å²) in [6.07, 6.45) is 4.03. The Labute approximate surface area is 112 Å². The van der Waals surface area contributed by atoms with Gasteiger partial charge in [-0.2, -0.15) is 0 Å². The first-order valence-corrected chi connectivity index (χ1v) is 7.34. The molecule has 0 bridgehead atoms. The number of rotatable bonds is 4. The molecule has 0 aromatic carbocycles. The minimum absolute atomic E-state index is 0.0733. The van der Waals surface area contributed by atoms with Crippen molar-refractivity contribution in [1.82, 2.24) is 10.3 Å². The number of amides is 1. The molecule has 1 aliphatic heterocycles. The lowest BCUT2D eigenvalue weighted by Crippen LogP contribution is -2.30. The summed E-state index contributed by atoms with van der Waals surface area (Å²) in [4.78, 5) is 15.9. The van der Waals surface area contributed by atoms with E-state index in [-0.39, 0.29) is 5.91 Å². The molecule has 18 heavy (non-hydrogen) atoms. The van der Waals surface area contributed by atoms with Crippen LogP contribution in [-0.2, 0) is 4.79 Å². The molecule has 0 aliphatic carbocycles. The van der Waals surface area contributed by atoms with Crippen molar-refractivity contribution in [3.05, 3.63) is 24.0 Å². The second-order valence-electron chi connectivity index (χ2n) is 4.49. The molecule has 1 fully saturated rings. The molecule has 2 heterocycles. The fourth-order valence-corrected chi connectivity index (χ4v) is 3.00. The lowest BCUT2D eigenvalue weighted by molar-refractivity contribution is -0.113. The van der Waals surface area contributed by atoms with E-state index in [4.69, 9.17) is 0 Å². The molecular formula is C13H19N3OS. The summed E-state index contributed by atoms with van der Waals surface area (Å²) in [5.41, 5.74) is 1.75. The van der Waals surface area contributed by atoms with Crippen molar-refractivity contribution in [2.24, 2.45) is 0 Å². The number of carbonyl (C=O) groups is 1. The molecule has 1 amide bonds. The standard InChI is InChI=1S/C13H19N3OS/c1-10-8-11(2-7-15-10)16-13(17)9-18-12-3-5-14-6-4-12/h2,7-8,12,14H,3-6,9H2,1H3,(H,15,16,17). The highest BCUT2D eigenvalue weighted by molar-refractivity contribution is 8.00. The summed E-state index contributed by atoms with van der Waals surface area (Å²) in [7, 11) is 0. The van der Waals surface area contributed by atoms with E-state index >= 15 is 0 Å². The number of thioether (sulfide) groups is 1. The van der Waals surface area contributed by atoms with Crippen molar-refractivity contribution < 1.29 is 4.79 Å². The molecule has 1 aromatic heterocycles. The van der Waals surface area contributed by atoms with Gasteiger partial charge in [0, 0.05) is 22.8 Å². The van der Waals surface area contributed by atoms with Crippen LogP contribution in [-0.4, -0.2) is 35.0 Å². The highest BCUT2D eigenvalue weighted by Gasteiger charge is 2.14. The van der Waals surface area contributed by atoms with Crippen LogP contribution < -0.4 is 10.6 Å². The second-order valence-corrected chi connectivity index (χ2v) is 5.78. The third-order valence-corrected chi connectivity index (χ3v) is 4.29. The zero-order valence-electron chi connectivity index (χ0n) is 10.6. The molecule has 2 N–H and O–H groups in total. The quantitative estimate of drug-likeness (QED) is 0.872. The maximum absolute atomic E-state index is 11.8. The number of pyridine rings is 1. The summed E-state index contributed by atoms with van der Waals surface area (Å²) >= 11 is 1.76. The Morgan fingerprint density at radius 2 is 2.33 bits per heavy atom. The number of nitrogens with one attached hydrogen (secondary N) is 2. The Hall–Kier alpha value is -1.07. The van der Waals surface area contributed by atoms with E-state index in [1.54, 1.807) is 18.0 Å². The Morgan fingerprint density at radius 3 is 3.06 bits per heavy atom. The van der Waals surface area contributed by atoms with E-state index in [0.29, 0.717) is 11.0 Å². The predicted octanol–water partition coefficient (Wildman–Crippen LogP) is 1.81. The lowest BCUT2D eigenvalue weighted by Gasteiger charge is -2.21. The molecule has 1 saturated heterocycles. The van der Waals surface area contributed by atoms with Gasteiger partial charge in [-0.15, -0.1) is 11.8 Å². The first-order valence-electron chi connectivity index (χ1n) is 6.29. The van der Waals surface area contributed by atoms with E-state index in [1.807, 2.05) is 19.1 Å². The van der Waals surface area contributed by atoms with Gasteiger partial charge in [0.25, 0.3) is 0 Å². The zero-order valence-corrected chi connectivity index (χ0v) is 11.4. The van der Waals surface area contributed by atoms with Gasteiger partial charge in [0.05, 0.1) is 5.75 Å². The summed E-state index contributed by atoms with van der Waals surface area (Å²) in [5, 5.41) is 6.86. The largest absolute Gasteiger partial charge is 0.325 e. The maximum atomic E-state index is 11.8. The highest BCUT2D eigenvalue weighted by atomic mass is 32.2. The first kappa shape index (κ1) is 13.4. The summed E-state index contributed by atoms with van der Waals surface area (Å²) in [5.74, 6) is 0.607. The normalized spacial score (nSPS) is 16.5. The monoisotopic (exact) mass is 265 g/mol. The maximum Gasteiger partial charge on any atom is 0.234 e. The number of aromatic nitrogens is 1. The first-order chi connectivity index (χ1) is 8.74. The predicted molar refractivity (Wildman–Crippen MR) is 76.0 cm³/mol. The summed E-state index contributed by atoms with van der Waals surface area (Å²) in [6, 6.07) is 3.70. The van der Waals surface area contributed by atoms with Crippen molar-refractivity contribution in [2.75, 3.05) is 24.2 Å². The molecule has 1 aliphatic rings. The van der Waals surface area contributed by atoms with Crippen LogP contribution in [0.5, 0.6) is 0 Å². The molecule has 0 spiro atoms. The minimum atomic E-state index is 0.0733. The third-order valence-electron chi connectivity index (χ3n) is 2.92. The van der Waals surface area contributed by atoms with Crippen molar-refractivity contribution in [2.45, 2.75) is 25.0 Å². The SMILES string of the molecule is Cc1cc(NC(=O)CSC2CCNCC2)ccn1. The molecule has 0 radical (unpaired) electrons. The van der Waals surface area contributed by atoms with Gasteiger partial charge in [-0.05, 0) is 45.0 Å². The zero-order chi connectivity index (χ0) is 12.8. The molecule has 0 atom stereocenters. The number of anilines is 1. The molecular weight excluding hydrogens is 246 g/mol. The molecule has 98 valence electrons. The van der Waals surface area contributed by atoms with E-state index in [9.17, 15) is 4.79 Å². The molecule has 4 nitrogen and oxygen atoms in total. The lowest BCUT2D eigenvalue weighted by atomic mass is 10.2. The van der Waals surface area contributed by atoms with Gasteiger partial charge in [0.1, 0.15) is 0 Å². The molecule has 0 saturated carbocycles. The van der Waals surface area contributed by atoms with Gasteiger partial charge < -0.3 is 10.6 Å². The van der Waals surface area contributed by atoms with Gasteiger partial charge in [-0.25, -0.2) is 0 Å². The van der Waals surface area contributed by atoms with Gasteiger partial charge in [-0.1, -0.05) is 0 Å². The number of piperidine rings is 1.